The average Bonchev–Trinajstić information content (AvgIpc) is 2.77. The molecule has 1 aliphatic rings. The van der Waals surface area contributed by atoms with Crippen molar-refractivity contribution in [3.8, 4) is 0 Å². The first kappa shape index (κ1) is 18.2. The molecule has 0 aliphatic carbocycles. The van der Waals surface area contributed by atoms with Crippen molar-refractivity contribution >= 4 is 28.4 Å². The average molecular weight is 371 g/mol. The molecule has 28 heavy (non-hydrogen) atoms. The predicted molar refractivity (Wildman–Crippen MR) is 115 cm³/mol. The molecule has 1 saturated heterocycles. The van der Waals surface area contributed by atoms with Crippen LogP contribution >= 0.6 is 0 Å². The van der Waals surface area contributed by atoms with Crippen LogP contribution in [0, 0.1) is 5.92 Å². The number of hydrogen-bond donors (Lipinski definition) is 1. The summed E-state index contributed by atoms with van der Waals surface area (Å²) in [4.78, 5) is 18.7. The van der Waals surface area contributed by atoms with Crippen molar-refractivity contribution in [1.29, 1.82) is 0 Å². The number of fused-ring (bicyclic) bond motifs is 1. The number of pyridine rings is 1. The molecule has 2 aromatic carbocycles. The van der Waals surface area contributed by atoms with Gasteiger partial charge in [0.15, 0.2) is 0 Å². The fourth-order valence-electron chi connectivity index (χ4n) is 3.74. The Morgan fingerprint density at radius 2 is 1.79 bits per heavy atom. The Hall–Kier alpha value is -3.14. The molecular weight excluding hydrogens is 346 g/mol. The Kier molecular flexibility index (Phi) is 5.66. The highest BCUT2D eigenvalue weighted by Gasteiger charge is 2.19. The lowest BCUT2D eigenvalue weighted by Gasteiger charge is -2.33. The van der Waals surface area contributed by atoms with Gasteiger partial charge in [0.1, 0.15) is 0 Å². The highest BCUT2D eigenvalue weighted by molar-refractivity contribution is 5.92. The Labute approximate surface area is 165 Å². The quantitative estimate of drug-likeness (QED) is 0.681. The molecule has 142 valence electrons. The van der Waals surface area contributed by atoms with E-state index in [9.17, 15) is 4.79 Å². The van der Waals surface area contributed by atoms with Crippen LogP contribution < -0.4 is 10.2 Å². The van der Waals surface area contributed by atoms with Gasteiger partial charge in [-0.3, -0.25) is 9.78 Å². The van der Waals surface area contributed by atoms with Crippen molar-refractivity contribution in [2.24, 2.45) is 5.92 Å². The maximum absolute atomic E-state index is 12.2. The van der Waals surface area contributed by atoms with Crippen LogP contribution in [-0.4, -0.2) is 30.5 Å². The zero-order valence-corrected chi connectivity index (χ0v) is 15.9. The van der Waals surface area contributed by atoms with Crippen molar-refractivity contribution in [3.63, 3.8) is 0 Å². The van der Waals surface area contributed by atoms with Gasteiger partial charge in [0, 0.05) is 43.8 Å². The van der Waals surface area contributed by atoms with Crippen molar-refractivity contribution in [2.75, 3.05) is 24.5 Å². The summed E-state index contributed by atoms with van der Waals surface area (Å²) in [6.45, 7) is 2.79. The molecule has 1 amide bonds. The first-order valence-corrected chi connectivity index (χ1v) is 9.87. The number of carbonyl (C=O) groups excluding carboxylic acids is 1. The SMILES string of the molecule is O=C(/C=C/c1ccc2ccccc2c1)NCC1CCN(c2ccncc2)CC1. The van der Waals surface area contributed by atoms with E-state index in [4.69, 9.17) is 0 Å². The topological polar surface area (TPSA) is 45.2 Å². The molecule has 0 spiro atoms. The molecule has 2 heterocycles. The summed E-state index contributed by atoms with van der Waals surface area (Å²) in [5, 5.41) is 5.46. The molecule has 1 fully saturated rings. The van der Waals surface area contributed by atoms with Crippen molar-refractivity contribution in [1.82, 2.24) is 10.3 Å². The van der Waals surface area contributed by atoms with Gasteiger partial charge in [0.05, 0.1) is 0 Å². The van der Waals surface area contributed by atoms with Crippen LogP contribution in [0.2, 0.25) is 0 Å². The summed E-state index contributed by atoms with van der Waals surface area (Å²) < 4.78 is 0. The fraction of sp³-hybridized carbons (Fsp3) is 0.250. The Bertz CT molecular complexity index is 960. The van der Waals surface area contributed by atoms with Crippen LogP contribution in [0.15, 0.2) is 73.1 Å². The smallest absolute Gasteiger partial charge is 0.244 e. The molecular formula is C24H25N3O. The Balaban J connectivity index is 1.25. The van der Waals surface area contributed by atoms with E-state index in [-0.39, 0.29) is 5.91 Å². The molecule has 0 atom stereocenters. The first-order valence-electron chi connectivity index (χ1n) is 9.87. The Morgan fingerprint density at radius 3 is 2.57 bits per heavy atom. The zero-order chi connectivity index (χ0) is 19.2. The van der Waals surface area contributed by atoms with Crippen LogP contribution in [0.25, 0.3) is 16.8 Å². The van der Waals surface area contributed by atoms with E-state index in [0.29, 0.717) is 5.92 Å². The van der Waals surface area contributed by atoms with Gasteiger partial charge in [-0.05, 0) is 59.4 Å². The zero-order valence-electron chi connectivity index (χ0n) is 15.9. The largest absolute Gasteiger partial charge is 0.371 e. The lowest BCUT2D eigenvalue weighted by molar-refractivity contribution is -0.116. The standard InChI is InChI=1S/C24H25N3O/c28-24(8-6-19-5-7-21-3-1-2-4-22(21)17-19)26-18-20-11-15-27(16-12-20)23-9-13-25-14-10-23/h1-10,13-14,17,20H,11-12,15-16,18H2,(H,26,28)/b8-6+. The highest BCUT2D eigenvalue weighted by atomic mass is 16.1. The summed E-state index contributed by atoms with van der Waals surface area (Å²) in [5.74, 6) is 0.515. The number of rotatable bonds is 5. The van der Waals surface area contributed by atoms with Crippen molar-refractivity contribution < 1.29 is 4.79 Å². The number of anilines is 1. The van der Waals surface area contributed by atoms with Crippen LogP contribution in [0.3, 0.4) is 0 Å². The van der Waals surface area contributed by atoms with Gasteiger partial charge in [0.2, 0.25) is 5.91 Å². The normalized spacial score (nSPS) is 15.2. The molecule has 1 aromatic heterocycles. The lowest BCUT2D eigenvalue weighted by atomic mass is 9.96. The number of benzene rings is 2. The molecule has 0 bridgehead atoms. The molecule has 0 saturated carbocycles. The Morgan fingerprint density at radius 1 is 1.04 bits per heavy atom. The number of nitrogens with one attached hydrogen (secondary N) is 1. The predicted octanol–water partition coefficient (Wildman–Crippen LogP) is 4.28. The maximum Gasteiger partial charge on any atom is 0.244 e. The molecule has 1 N–H and O–H groups in total. The van der Waals surface area contributed by atoms with Gasteiger partial charge in [0.25, 0.3) is 0 Å². The molecule has 4 rings (SSSR count). The van der Waals surface area contributed by atoms with Crippen LogP contribution in [0.4, 0.5) is 5.69 Å². The van der Waals surface area contributed by atoms with Gasteiger partial charge < -0.3 is 10.2 Å². The number of nitrogens with zero attached hydrogens (tertiary/aromatic N) is 2. The molecule has 4 nitrogen and oxygen atoms in total. The number of hydrogen-bond acceptors (Lipinski definition) is 3. The minimum Gasteiger partial charge on any atom is -0.371 e. The molecule has 4 heteroatoms. The number of aromatic nitrogens is 1. The van der Waals surface area contributed by atoms with Gasteiger partial charge in [-0.25, -0.2) is 0 Å². The maximum atomic E-state index is 12.2. The third kappa shape index (κ3) is 4.58. The second-order valence-corrected chi connectivity index (χ2v) is 7.32. The van der Waals surface area contributed by atoms with E-state index in [1.807, 2.05) is 36.7 Å². The van der Waals surface area contributed by atoms with Crippen molar-refractivity contribution in [3.05, 3.63) is 78.6 Å². The second kappa shape index (κ2) is 8.70. The van der Waals surface area contributed by atoms with E-state index in [0.717, 1.165) is 38.0 Å². The highest BCUT2D eigenvalue weighted by Crippen LogP contribution is 2.22. The summed E-state index contributed by atoms with van der Waals surface area (Å²) >= 11 is 0. The summed E-state index contributed by atoms with van der Waals surface area (Å²) in [5.41, 5.74) is 2.27. The van der Waals surface area contributed by atoms with Crippen LogP contribution in [0.5, 0.6) is 0 Å². The number of carbonyl (C=O) groups is 1. The monoisotopic (exact) mass is 371 g/mol. The third-order valence-electron chi connectivity index (χ3n) is 5.41. The number of amides is 1. The minimum atomic E-state index is -0.0234. The molecule has 0 radical (unpaired) electrons. The van der Waals surface area contributed by atoms with Crippen molar-refractivity contribution in [2.45, 2.75) is 12.8 Å². The molecule has 1 aliphatic heterocycles. The summed E-state index contributed by atoms with van der Waals surface area (Å²) in [7, 11) is 0. The fourth-order valence-corrected chi connectivity index (χ4v) is 3.74. The van der Waals surface area contributed by atoms with Gasteiger partial charge in [-0.15, -0.1) is 0 Å². The first-order chi connectivity index (χ1) is 13.8. The molecule has 0 unspecified atom stereocenters. The van der Waals surface area contributed by atoms with E-state index < -0.39 is 0 Å². The van der Waals surface area contributed by atoms with E-state index >= 15 is 0 Å². The summed E-state index contributed by atoms with van der Waals surface area (Å²) in [6.07, 6.45) is 9.38. The van der Waals surface area contributed by atoms with Gasteiger partial charge in [-0.2, -0.15) is 0 Å². The van der Waals surface area contributed by atoms with Crippen LogP contribution in [-0.2, 0) is 4.79 Å². The third-order valence-corrected chi connectivity index (χ3v) is 5.41. The lowest BCUT2D eigenvalue weighted by Crippen LogP contribution is -2.38. The van der Waals surface area contributed by atoms with E-state index in [2.05, 4.69) is 51.6 Å². The van der Waals surface area contributed by atoms with Gasteiger partial charge in [-0.1, -0.05) is 36.4 Å². The number of piperidine rings is 1. The minimum absolute atomic E-state index is 0.0234. The molecule has 3 aromatic rings. The van der Waals surface area contributed by atoms with E-state index in [1.54, 1.807) is 6.08 Å². The van der Waals surface area contributed by atoms with Gasteiger partial charge >= 0.3 is 0 Å². The van der Waals surface area contributed by atoms with Crippen LogP contribution in [0.1, 0.15) is 18.4 Å². The summed E-state index contributed by atoms with van der Waals surface area (Å²) in [6, 6.07) is 18.6. The second-order valence-electron chi connectivity index (χ2n) is 7.32. The van der Waals surface area contributed by atoms with E-state index in [1.165, 1.54) is 16.5 Å².